The van der Waals surface area contributed by atoms with E-state index in [1.165, 1.54) is 13.1 Å². The molecule has 4 nitrogen and oxygen atoms in total. The van der Waals surface area contributed by atoms with E-state index in [-0.39, 0.29) is 10.6 Å². The van der Waals surface area contributed by atoms with Crippen molar-refractivity contribution >= 4 is 37.2 Å². The Kier molecular flexibility index (Phi) is 5.51. The van der Waals surface area contributed by atoms with Crippen molar-refractivity contribution < 1.29 is 26.4 Å². The van der Waals surface area contributed by atoms with Crippen LogP contribution in [0.25, 0.3) is 0 Å². The summed E-state index contributed by atoms with van der Waals surface area (Å²) in [6.45, 7) is -0.548. The number of rotatable bonds is 4. The lowest BCUT2D eigenvalue weighted by atomic mass is 10.2. The smallest absolute Gasteiger partial charge is 0.341 e. The molecule has 0 heterocycles. The van der Waals surface area contributed by atoms with Crippen LogP contribution in [-0.4, -0.2) is 39.0 Å². The third-order valence-electron chi connectivity index (χ3n) is 2.52. The van der Waals surface area contributed by atoms with E-state index in [9.17, 15) is 26.4 Å². The van der Waals surface area contributed by atoms with Gasteiger partial charge in [0.1, 0.15) is 4.90 Å². The van der Waals surface area contributed by atoms with Crippen molar-refractivity contribution in [3.63, 3.8) is 0 Å². The summed E-state index contributed by atoms with van der Waals surface area (Å²) in [5.74, 6) is -0.766. The Morgan fingerprint density at radius 2 is 1.90 bits per heavy atom. The van der Waals surface area contributed by atoms with E-state index in [0.29, 0.717) is 0 Å². The molecule has 0 saturated carbocycles. The average molecular weight is 364 g/mol. The highest BCUT2D eigenvalue weighted by atomic mass is 35.7. The quantitative estimate of drug-likeness (QED) is 0.771. The number of alkyl halides is 3. The monoisotopic (exact) mass is 363 g/mol. The van der Waals surface area contributed by atoms with Gasteiger partial charge < -0.3 is 4.90 Å². The van der Waals surface area contributed by atoms with Crippen LogP contribution in [0.2, 0.25) is 5.02 Å². The number of amides is 1. The van der Waals surface area contributed by atoms with Gasteiger partial charge in [-0.25, -0.2) is 8.42 Å². The van der Waals surface area contributed by atoms with E-state index in [1.54, 1.807) is 0 Å². The topological polar surface area (TPSA) is 54.5 Å². The van der Waals surface area contributed by atoms with E-state index in [0.717, 1.165) is 17.0 Å². The molecule has 1 amide bonds. The average Bonchev–Trinajstić information content (AvgIpc) is 2.33. The first-order chi connectivity index (χ1) is 9.42. The lowest BCUT2D eigenvalue weighted by Gasteiger charge is -2.18. The van der Waals surface area contributed by atoms with Crippen molar-refractivity contribution in [2.24, 2.45) is 0 Å². The maximum Gasteiger partial charge on any atom is 0.390 e. The summed E-state index contributed by atoms with van der Waals surface area (Å²) < 4.78 is 58.8. The van der Waals surface area contributed by atoms with Crippen LogP contribution >= 0.6 is 22.3 Å². The van der Waals surface area contributed by atoms with Crippen LogP contribution in [0, 0.1) is 0 Å². The van der Waals surface area contributed by atoms with Gasteiger partial charge in [0.25, 0.3) is 15.0 Å². The molecule has 0 aliphatic rings. The van der Waals surface area contributed by atoms with Crippen molar-refractivity contribution in [3.8, 4) is 0 Å². The normalized spacial score (nSPS) is 12.3. The number of carbonyl (C=O) groups is 1. The third kappa shape index (κ3) is 5.37. The second-order valence-corrected chi connectivity index (χ2v) is 7.12. The van der Waals surface area contributed by atoms with E-state index >= 15 is 0 Å². The van der Waals surface area contributed by atoms with Gasteiger partial charge in [0.15, 0.2) is 0 Å². The highest BCUT2D eigenvalue weighted by molar-refractivity contribution is 8.13. The van der Waals surface area contributed by atoms with Gasteiger partial charge in [0, 0.05) is 29.8 Å². The van der Waals surface area contributed by atoms with Crippen LogP contribution in [0.3, 0.4) is 0 Å². The highest BCUT2D eigenvalue weighted by Gasteiger charge is 2.28. The lowest BCUT2D eigenvalue weighted by molar-refractivity contribution is -0.136. The van der Waals surface area contributed by atoms with E-state index in [4.69, 9.17) is 22.3 Å². The molecule has 0 atom stereocenters. The summed E-state index contributed by atoms with van der Waals surface area (Å²) in [6.07, 6.45) is -5.55. The molecule has 118 valence electrons. The van der Waals surface area contributed by atoms with Crippen LogP contribution in [0.15, 0.2) is 23.1 Å². The summed E-state index contributed by atoms with van der Waals surface area (Å²) in [5, 5.41) is -0.181. The molecule has 10 heteroatoms. The molecule has 0 aromatic heterocycles. The zero-order chi connectivity index (χ0) is 16.4. The van der Waals surface area contributed by atoms with Gasteiger partial charge in [-0.1, -0.05) is 11.6 Å². The molecule has 0 aliphatic heterocycles. The molecule has 0 fully saturated rings. The minimum atomic E-state index is -4.39. The van der Waals surface area contributed by atoms with Gasteiger partial charge in [-0.15, -0.1) is 0 Å². The Labute approximate surface area is 128 Å². The third-order valence-corrected chi connectivity index (χ3v) is 4.32. The van der Waals surface area contributed by atoms with Crippen molar-refractivity contribution in [2.45, 2.75) is 17.5 Å². The van der Waals surface area contributed by atoms with Crippen LogP contribution in [-0.2, 0) is 9.05 Å². The summed E-state index contributed by atoms with van der Waals surface area (Å²) in [7, 11) is 2.17. The zero-order valence-electron chi connectivity index (χ0n) is 10.6. The fraction of sp³-hybridized carbons (Fsp3) is 0.364. The van der Waals surface area contributed by atoms with Crippen LogP contribution in [0.4, 0.5) is 13.2 Å². The number of carbonyl (C=O) groups excluding carboxylic acids is 1. The molecule has 0 unspecified atom stereocenters. The zero-order valence-corrected chi connectivity index (χ0v) is 12.9. The molecule has 0 radical (unpaired) electrons. The summed E-state index contributed by atoms with van der Waals surface area (Å²) >= 11 is 5.65. The largest absolute Gasteiger partial charge is 0.390 e. The van der Waals surface area contributed by atoms with Crippen molar-refractivity contribution in [1.29, 1.82) is 0 Å². The second-order valence-electron chi connectivity index (χ2n) is 4.17. The molecular formula is C11H10Cl2F3NO3S. The Balaban J connectivity index is 2.98. The predicted octanol–water partition coefficient (Wildman–Crippen LogP) is 3.29. The minimum absolute atomic E-state index is 0.122. The highest BCUT2D eigenvalue weighted by Crippen LogP contribution is 2.26. The van der Waals surface area contributed by atoms with Crippen LogP contribution in [0.5, 0.6) is 0 Å². The van der Waals surface area contributed by atoms with Crippen molar-refractivity contribution in [2.75, 3.05) is 13.6 Å². The molecule has 1 aromatic carbocycles. The molecule has 0 saturated heterocycles. The van der Waals surface area contributed by atoms with Gasteiger partial charge in [0.2, 0.25) is 0 Å². The molecule has 0 bridgehead atoms. The second kappa shape index (κ2) is 6.41. The maximum absolute atomic E-state index is 12.1. The van der Waals surface area contributed by atoms with E-state index in [2.05, 4.69) is 0 Å². The van der Waals surface area contributed by atoms with Gasteiger partial charge in [-0.05, 0) is 18.2 Å². The number of nitrogens with zero attached hydrogens (tertiary/aromatic N) is 1. The standard InChI is InChI=1S/C11H10Cl2F3NO3S/c1-17(5-4-11(14,15)16)10(18)7-2-3-8(12)9(6-7)21(13,19)20/h2-3,6H,4-5H2,1H3. The number of hydrogen-bond acceptors (Lipinski definition) is 3. The van der Waals surface area contributed by atoms with Crippen LogP contribution < -0.4 is 0 Å². The van der Waals surface area contributed by atoms with E-state index in [1.807, 2.05) is 0 Å². The number of benzene rings is 1. The molecular weight excluding hydrogens is 354 g/mol. The van der Waals surface area contributed by atoms with Gasteiger partial charge in [-0.3, -0.25) is 4.79 Å². The fourth-order valence-electron chi connectivity index (χ4n) is 1.44. The molecule has 21 heavy (non-hydrogen) atoms. The Bertz CT molecular complexity index is 647. The molecule has 1 aromatic rings. The Morgan fingerprint density at radius 3 is 2.38 bits per heavy atom. The van der Waals surface area contributed by atoms with Gasteiger partial charge in [0.05, 0.1) is 11.4 Å². The molecule has 1 rings (SSSR count). The Morgan fingerprint density at radius 1 is 1.33 bits per heavy atom. The summed E-state index contributed by atoms with van der Waals surface area (Å²) in [5.41, 5.74) is -0.122. The number of hydrogen-bond donors (Lipinski definition) is 0. The predicted molar refractivity (Wildman–Crippen MR) is 72.1 cm³/mol. The number of halogens is 5. The first-order valence-corrected chi connectivity index (χ1v) is 8.17. The SMILES string of the molecule is CN(CCC(F)(F)F)C(=O)c1ccc(Cl)c(S(=O)(=O)Cl)c1. The van der Waals surface area contributed by atoms with Gasteiger partial charge >= 0.3 is 6.18 Å². The van der Waals surface area contributed by atoms with E-state index < -0.39 is 39.0 Å². The van der Waals surface area contributed by atoms with Gasteiger partial charge in [-0.2, -0.15) is 13.2 Å². The molecule has 0 N–H and O–H groups in total. The first-order valence-electron chi connectivity index (χ1n) is 5.48. The Hall–Kier alpha value is -0.990. The van der Waals surface area contributed by atoms with Crippen LogP contribution in [0.1, 0.15) is 16.8 Å². The minimum Gasteiger partial charge on any atom is -0.341 e. The maximum atomic E-state index is 12.1. The van der Waals surface area contributed by atoms with Crippen molar-refractivity contribution in [1.82, 2.24) is 4.90 Å². The lowest BCUT2D eigenvalue weighted by Crippen LogP contribution is -2.30. The summed E-state index contributed by atoms with van der Waals surface area (Å²) in [6, 6.07) is 3.28. The fourth-order valence-corrected chi connectivity index (χ4v) is 2.93. The first kappa shape index (κ1) is 18.1. The molecule has 0 aliphatic carbocycles. The van der Waals surface area contributed by atoms with Crippen molar-refractivity contribution in [3.05, 3.63) is 28.8 Å². The summed E-state index contributed by atoms with van der Waals surface area (Å²) in [4.78, 5) is 12.3. The molecule has 0 spiro atoms.